The van der Waals surface area contributed by atoms with Crippen LogP contribution in [0.4, 0.5) is 5.69 Å². The minimum absolute atomic E-state index is 0.0869. The van der Waals surface area contributed by atoms with E-state index in [9.17, 15) is 10.1 Å². The number of hydrogen-bond donors (Lipinski definition) is 0. The Morgan fingerprint density at radius 1 is 1.64 bits per heavy atom. The lowest BCUT2D eigenvalue weighted by Crippen LogP contribution is -1.94. The molecule has 14 heavy (non-hydrogen) atoms. The number of rotatable bonds is 2. The van der Waals surface area contributed by atoms with Gasteiger partial charge in [0.2, 0.25) is 0 Å². The van der Waals surface area contributed by atoms with Gasteiger partial charge in [0.25, 0.3) is 5.69 Å². The summed E-state index contributed by atoms with van der Waals surface area (Å²) in [7, 11) is 0. The summed E-state index contributed by atoms with van der Waals surface area (Å²) in [6.07, 6.45) is 0. The number of hydrogen-bond acceptors (Lipinski definition) is 3. The fourth-order valence-electron chi connectivity index (χ4n) is 1.01. The molecule has 0 spiro atoms. The first-order chi connectivity index (χ1) is 6.56. The smallest absolute Gasteiger partial charge is 0.258 e. The Kier molecular flexibility index (Phi) is 3.05. The van der Waals surface area contributed by atoms with Crippen LogP contribution in [0.1, 0.15) is 18.4 Å². The lowest BCUT2D eigenvalue weighted by atomic mass is 10.0. The number of nitrogens with zero attached hydrogens (tertiary/aromatic N) is 2. The number of nitro groups is 1. The van der Waals surface area contributed by atoms with Crippen LogP contribution in [0.15, 0.2) is 18.2 Å². The van der Waals surface area contributed by atoms with E-state index >= 15 is 0 Å². The summed E-state index contributed by atoms with van der Waals surface area (Å²) < 4.78 is 0. The summed E-state index contributed by atoms with van der Waals surface area (Å²) in [4.78, 5) is 9.96. The monoisotopic (exact) mass is 210 g/mol. The molecule has 0 N–H and O–H groups in total. The molecule has 0 amide bonds. The number of nitriles is 1. The van der Waals surface area contributed by atoms with E-state index in [4.69, 9.17) is 16.9 Å². The average molecular weight is 211 g/mol. The molecule has 1 unspecified atom stereocenters. The highest BCUT2D eigenvalue weighted by Crippen LogP contribution is 2.27. The second-order valence-electron chi connectivity index (χ2n) is 2.82. The normalized spacial score (nSPS) is 11.8. The van der Waals surface area contributed by atoms with Crippen LogP contribution in [0.3, 0.4) is 0 Å². The van der Waals surface area contributed by atoms with Gasteiger partial charge in [-0.2, -0.15) is 5.26 Å². The number of benzene rings is 1. The fraction of sp³-hybridized carbons (Fsp3) is 0.222. The average Bonchev–Trinajstić information content (AvgIpc) is 2.17. The first-order valence-corrected chi connectivity index (χ1v) is 4.27. The molecule has 1 rings (SSSR count). The van der Waals surface area contributed by atoms with E-state index < -0.39 is 4.92 Å². The fourth-order valence-corrected chi connectivity index (χ4v) is 1.20. The van der Waals surface area contributed by atoms with E-state index in [0.717, 1.165) is 0 Å². The van der Waals surface area contributed by atoms with Gasteiger partial charge in [-0.1, -0.05) is 17.7 Å². The van der Waals surface area contributed by atoms with Crippen molar-refractivity contribution in [2.24, 2.45) is 0 Å². The molecule has 0 saturated carbocycles. The molecule has 0 fully saturated rings. The summed E-state index contributed by atoms with van der Waals surface area (Å²) in [6.45, 7) is 1.67. The van der Waals surface area contributed by atoms with Crippen molar-refractivity contribution in [3.63, 3.8) is 0 Å². The van der Waals surface area contributed by atoms with Gasteiger partial charge in [-0.15, -0.1) is 0 Å². The lowest BCUT2D eigenvalue weighted by molar-refractivity contribution is -0.384. The van der Waals surface area contributed by atoms with Crippen molar-refractivity contribution in [2.75, 3.05) is 0 Å². The summed E-state index contributed by atoms with van der Waals surface area (Å²) >= 11 is 5.61. The van der Waals surface area contributed by atoms with E-state index in [1.165, 1.54) is 12.1 Å². The highest BCUT2D eigenvalue weighted by molar-refractivity contribution is 6.32. The topological polar surface area (TPSA) is 66.9 Å². The minimum Gasteiger partial charge on any atom is -0.258 e. The molecule has 1 aromatic rings. The molecular formula is C9H7ClN2O2. The van der Waals surface area contributed by atoms with E-state index in [-0.39, 0.29) is 16.6 Å². The van der Waals surface area contributed by atoms with Crippen LogP contribution >= 0.6 is 11.6 Å². The quantitative estimate of drug-likeness (QED) is 0.557. The molecular weight excluding hydrogens is 204 g/mol. The lowest BCUT2D eigenvalue weighted by Gasteiger charge is -2.02. The maximum atomic E-state index is 10.5. The van der Waals surface area contributed by atoms with Crippen molar-refractivity contribution < 1.29 is 4.92 Å². The molecule has 0 radical (unpaired) electrons. The molecule has 0 heterocycles. The molecule has 4 nitrogen and oxygen atoms in total. The third kappa shape index (κ3) is 2.01. The minimum atomic E-state index is -0.560. The molecule has 1 aromatic carbocycles. The highest BCUT2D eigenvalue weighted by Gasteiger charge is 2.14. The Balaban J connectivity index is 3.21. The first-order valence-electron chi connectivity index (χ1n) is 3.89. The standard InChI is InChI=1S/C9H7ClN2O2/c1-6(5-11)7-2-3-8(10)9(4-7)12(13)14/h2-4,6H,1H3. The van der Waals surface area contributed by atoms with Crippen LogP contribution in [0.5, 0.6) is 0 Å². The van der Waals surface area contributed by atoms with Crippen LogP contribution in [0, 0.1) is 21.4 Å². The maximum Gasteiger partial charge on any atom is 0.288 e. The zero-order valence-electron chi connectivity index (χ0n) is 7.40. The van der Waals surface area contributed by atoms with Gasteiger partial charge in [0.15, 0.2) is 0 Å². The molecule has 0 saturated heterocycles. The maximum absolute atomic E-state index is 10.5. The van der Waals surface area contributed by atoms with Gasteiger partial charge >= 0.3 is 0 Å². The highest BCUT2D eigenvalue weighted by atomic mass is 35.5. The second kappa shape index (κ2) is 4.07. The third-order valence-electron chi connectivity index (χ3n) is 1.86. The number of halogens is 1. The first kappa shape index (κ1) is 10.5. The Morgan fingerprint density at radius 3 is 2.79 bits per heavy atom. The summed E-state index contributed by atoms with van der Waals surface area (Å²) in [5, 5.41) is 19.2. The van der Waals surface area contributed by atoms with Crippen molar-refractivity contribution in [1.29, 1.82) is 5.26 Å². The van der Waals surface area contributed by atoms with Gasteiger partial charge in [-0.25, -0.2) is 0 Å². The van der Waals surface area contributed by atoms with Crippen molar-refractivity contribution >= 4 is 17.3 Å². The zero-order chi connectivity index (χ0) is 10.7. The summed E-state index contributed by atoms with van der Waals surface area (Å²) in [5.41, 5.74) is 0.440. The van der Waals surface area contributed by atoms with Crippen LogP contribution in [0.2, 0.25) is 5.02 Å². The Bertz CT molecular complexity index is 412. The van der Waals surface area contributed by atoms with E-state index in [2.05, 4.69) is 0 Å². The summed E-state index contributed by atoms with van der Waals surface area (Å²) in [6, 6.07) is 6.38. The van der Waals surface area contributed by atoms with Crippen LogP contribution in [0.25, 0.3) is 0 Å². The largest absolute Gasteiger partial charge is 0.288 e. The second-order valence-corrected chi connectivity index (χ2v) is 3.23. The molecule has 0 aliphatic heterocycles. The molecule has 0 aliphatic rings. The predicted octanol–water partition coefficient (Wildman–Crippen LogP) is 2.88. The molecule has 5 heteroatoms. The Labute approximate surface area is 85.9 Å². The van der Waals surface area contributed by atoms with Crippen molar-refractivity contribution in [2.45, 2.75) is 12.8 Å². The van der Waals surface area contributed by atoms with Crippen LogP contribution < -0.4 is 0 Å². The van der Waals surface area contributed by atoms with Gasteiger partial charge in [0.05, 0.1) is 16.9 Å². The van der Waals surface area contributed by atoms with Gasteiger partial charge in [0, 0.05) is 6.07 Å². The van der Waals surface area contributed by atoms with Crippen LogP contribution in [-0.4, -0.2) is 4.92 Å². The van der Waals surface area contributed by atoms with Gasteiger partial charge < -0.3 is 0 Å². The van der Waals surface area contributed by atoms with E-state index in [0.29, 0.717) is 5.56 Å². The Morgan fingerprint density at radius 2 is 2.29 bits per heavy atom. The van der Waals surface area contributed by atoms with E-state index in [1.807, 2.05) is 6.07 Å². The molecule has 72 valence electrons. The molecule has 1 atom stereocenters. The van der Waals surface area contributed by atoms with Crippen molar-refractivity contribution in [3.8, 4) is 6.07 Å². The van der Waals surface area contributed by atoms with E-state index in [1.54, 1.807) is 13.0 Å². The Hall–Kier alpha value is -1.60. The van der Waals surface area contributed by atoms with Gasteiger partial charge in [-0.3, -0.25) is 10.1 Å². The van der Waals surface area contributed by atoms with Crippen LogP contribution in [-0.2, 0) is 0 Å². The SMILES string of the molecule is CC(C#N)c1ccc(Cl)c([N+](=O)[O-])c1. The predicted molar refractivity (Wildman–Crippen MR) is 52.1 cm³/mol. The van der Waals surface area contributed by atoms with Crippen molar-refractivity contribution in [1.82, 2.24) is 0 Å². The molecule has 0 bridgehead atoms. The van der Waals surface area contributed by atoms with Crippen molar-refractivity contribution in [3.05, 3.63) is 38.9 Å². The molecule has 0 aromatic heterocycles. The molecule has 0 aliphatic carbocycles. The zero-order valence-corrected chi connectivity index (χ0v) is 8.15. The van der Waals surface area contributed by atoms with Gasteiger partial charge in [0.1, 0.15) is 5.02 Å². The van der Waals surface area contributed by atoms with Gasteiger partial charge in [-0.05, 0) is 18.6 Å². The number of nitro benzene ring substituents is 1. The third-order valence-corrected chi connectivity index (χ3v) is 2.18. The summed E-state index contributed by atoms with van der Waals surface area (Å²) in [5.74, 6) is -0.369.